The Labute approximate surface area is 131 Å². The standard InChI is InChI=1S/C17H22N4O/c1-3-10-18-17(22)15-11-16(20-13-19-15)21(4-2)12-14-8-6-5-7-9-14/h5-9,11,13H,3-4,10,12H2,1-2H3,(H,18,22). The second kappa shape index (κ2) is 8.12. The van der Waals surface area contributed by atoms with Gasteiger partial charge in [0.05, 0.1) is 0 Å². The van der Waals surface area contributed by atoms with Gasteiger partial charge in [-0.25, -0.2) is 9.97 Å². The monoisotopic (exact) mass is 298 g/mol. The summed E-state index contributed by atoms with van der Waals surface area (Å²) in [5.41, 5.74) is 1.62. The molecule has 0 aliphatic heterocycles. The highest BCUT2D eigenvalue weighted by Gasteiger charge is 2.12. The first kappa shape index (κ1) is 15.9. The first-order valence-corrected chi connectivity index (χ1v) is 7.63. The molecule has 5 heteroatoms. The van der Waals surface area contributed by atoms with Crippen LogP contribution in [0.25, 0.3) is 0 Å². The van der Waals surface area contributed by atoms with Gasteiger partial charge in [-0.05, 0) is 18.9 Å². The third-order valence-electron chi connectivity index (χ3n) is 3.34. The second-order valence-corrected chi connectivity index (χ2v) is 5.02. The van der Waals surface area contributed by atoms with E-state index in [0.717, 1.165) is 25.3 Å². The molecule has 1 N–H and O–H groups in total. The molecule has 0 radical (unpaired) electrons. The van der Waals surface area contributed by atoms with E-state index in [2.05, 4.69) is 39.2 Å². The molecule has 1 aromatic heterocycles. The zero-order valence-corrected chi connectivity index (χ0v) is 13.1. The predicted octanol–water partition coefficient (Wildman–Crippen LogP) is 2.64. The molecule has 0 unspecified atom stereocenters. The summed E-state index contributed by atoms with van der Waals surface area (Å²) < 4.78 is 0. The van der Waals surface area contributed by atoms with Crippen LogP contribution in [-0.4, -0.2) is 29.0 Å². The third-order valence-corrected chi connectivity index (χ3v) is 3.34. The van der Waals surface area contributed by atoms with E-state index >= 15 is 0 Å². The average molecular weight is 298 g/mol. The number of benzene rings is 1. The number of nitrogens with one attached hydrogen (secondary N) is 1. The number of aromatic nitrogens is 2. The van der Waals surface area contributed by atoms with Crippen LogP contribution in [0.4, 0.5) is 5.82 Å². The molecular weight excluding hydrogens is 276 g/mol. The van der Waals surface area contributed by atoms with Crippen LogP contribution in [-0.2, 0) is 6.54 Å². The Morgan fingerprint density at radius 2 is 1.95 bits per heavy atom. The molecule has 0 saturated carbocycles. The number of rotatable bonds is 7. The summed E-state index contributed by atoms with van der Waals surface area (Å²) in [5.74, 6) is 0.615. The molecule has 1 aromatic carbocycles. The van der Waals surface area contributed by atoms with Crippen LogP contribution in [0.1, 0.15) is 36.3 Å². The molecule has 1 heterocycles. The van der Waals surface area contributed by atoms with Crippen molar-refractivity contribution in [2.75, 3.05) is 18.0 Å². The van der Waals surface area contributed by atoms with E-state index in [0.29, 0.717) is 12.2 Å². The van der Waals surface area contributed by atoms with E-state index in [-0.39, 0.29) is 5.91 Å². The maximum absolute atomic E-state index is 12.0. The van der Waals surface area contributed by atoms with Crippen LogP contribution < -0.4 is 10.2 Å². The number of carbonyl (C=O) groups is 1. The van der Waals surface area contributed by atoms with Crippen molar-refractivity contribution < 1.29 is 4.79 Å². The number of anilines is 1. The molecule has 5 nitrogen and oxygen atoms in total. The predicted molar refractivity (Wildman–Crippen MR) is 87.8 cm³/mol. The summed E-state index contributed by atoms with van der Waals surface area (Å²) in [4.78, 5) is 22.5. The van der Waals surface area contributed by atoms with Crippen LogP contribution >= 0.6 is 0 Å². The van der Waals surface area contributed by atoms with Crippen LogP contribution in [0, 0.1) is 0 Å². The fourth-order valence-electron chi connectivity index (χ4n) is 2.13. The van der Waals surface area contributed by atoms with Gasteiger partial charge in [0.1, 0.15) is 17.8 Å². The molecule has 2 rings (SSSR count). The Hall–Kier alpha value is -2.43. The van der Waals surface area contributed by atoms with Crippen LogP contribution in [0.5, 0.6) is 0 Å². The molecule has 0 aliphatic carbocycles. The van der Waals surface area contributed by atoms with E-state index in [1.807, 2.05) is 25.1 Å². The quantitative estimate of drug-likeness (QED) is 0.853. The maximum atomic E-state index is 12.0. The van der Waals surface area contributed by atoms with Crippen LogP contribution in [0.3, 0.4) is 0 Å². The van der Waals surface area contributed by atoms with Gasteiger partial charge in [-0.2, -0.15) is 0 Å². The molecule has 2 aromatic rings. The number of amides is 1. The summed E-state index contributed by atoms with van der Waals surface area (Å²) in [6.07, 6.45) is 2.35. The van der Waals surface area contributed by atoms with Gasteiger partial charge >= 0.3 is 0 Å². The minimum atomic E-state index is -0.152. The fraction of sp³-hybridized carbons (Fsp3) is 0.353. The highest BCUT2D eigenvalue weighted by Crippen LogP contribution is 2.14. The first-order chi connectivity index (χ1) is 10.7. The molecule has 1 amide bonds. The van der Waals surface area contributed by atoms with Crippen molar-refractivity contribution in [2.24, 2.45) is 0 Å². The molecule has 0 bridgehead atoms. The van der Waals surface area contributed by atoms with Crippen molar-refractivity contribution in [1.29, 1.82) is 0 Å². The minimum Gasteiger partial charge on any atom is -0.352 e. The summed E-state index contributed by atoms with van der Waals surface area (Å²) >= 11 is 0. The summed E-state index contributed by atoms with van der Waals surface area (Å²) in [7, 11) is 0. The lowest BCUT2D eigenvalue weighted by Crippen LogP contribution is -2.27. The van der Waals surface area contributed by atoms with Crippen molar-refractivity contribution in [1.82, 2.24) is 15.3 Å². The minimum absolute atomic E-state index is 0.152. The lowest BCUT2D eigenvalue weighted by molar-refractivity contribution is 0.0948. The third kappa shape index (κ3) is 4.28. The molecular formula is C17H22N4O. The Morgan fingerprint density at radius 3 is 2.64 bits per heavy atom. The Bertz CT molecular complexity index is 601. The summed E-state index contributed by atoms with van der Waals surface area (Å²) in [6.45, 7) is 6.30. The number of hydrogen-bond acceptors (Lipinski definition) is 4. The largest absolute Gasteiger partial charge is 0.352 e. The van der Waals surface area contributed by atoms with Crippen LogP contribution in [0.2, 0.25) is 0 Å². The van der Waals surface area contributed by atoms with Crippen molar-refractivity contribution in [2.45, 2.75) is 26.8 Å². The molecule has 0 atom stereocenters. The molecule has 22 heavy (non-hydrogen) atoms. The first-order valence-electron chi connectivity index (χ1n) is 7.63. The van der Waals surface area contributed by atoms with E-state index in [9.17, 15) is 4.79 Å². The Morgan fingerprint density at radius 1 is 1.18 bits per heavy atom. The summed E-state index contributed by atoms with van der Waals surface area (Å²) in [6, 6.07) is 12.0. The molecule has 0 spiro atoms. The molecule has 116 valence electrons. The Kier molecular flexibility index (Phi) is 5.89. The van der Waals surface area contributed by atoms with E-state index in [1.54, 1.807) is 6.07 Å². The fourth-order valence-corrected chi connectivity index (χ4v) is 2.13. The van der Waals surface area contributed by atoms with E-state index < -0.39 is 0 Å². The number of carbonyl (C=O) groups excluding carboxylic acids is 1. The van der Waals surface area contributed by atoms with Gasteiger partial charge in [0, 0.05) is 25.7 Å². The molecule has 0 aliphatic rings. The highest BCUT2D eigenvalue weighted by atomic mass is 16.1. The zero-order chi connectivity index (χ0) is 15.8. The van der Waals surface area contributed by atoms with E-state index in [4.69, 9.17) is 0 Å². The van der Waals surface area contributed by atoms with Gasteiger partial charge in [-0.3, -0.25) is 4.79 Å². The lowest BCUT2D eigenvalue weighted by atomic mass is 10.2. The number of nitrogens with zero attached hydrogens (tertiary/aromatic N) is 3. The highest BCUT2D eigenvalue weighted by molar-refractivity contribution is 5.92. The average Bonchev–Trinajstić information content (AvgIpc) is 2.58. The van der Waals surface area contributed by atoms with Crippen molar-refractivity contribution in [3.8, 4) is 0 Å². The SMILES string of the molecule is CCCNC(=O)c1cc(N(CC)Cc2ccccc2)ncn1. The van der Waals surface area contributed by atoms with Crippen molar-refractivity contribution in [3.63, 3.8) is 0 Å². The van der Waals surface area contributed by atoms with Gasteiger partial charge < -0.3 is 10.2 Å². The van der Waals surface area contributed by atoms with Gasteiger partial charge in [-0.1, -0.05) is 37.3 Å². The topological polar surface area (TPSA) is 58.1 Å². The molecule has 0 fully saturated rings. The van der Waals surface area contributed by atoms with Gasteiger partial charge in [-0.15, -0.1) is 0 Å². The smallest absolute Gasteiger partial charge is 0.270 e. The molecule has 0 saturated heterocycles. The normalized spacial score (nSPS) is 10.3. The number of hydrogen-bond donors (Lipinski definition) is 1. The van der Waals surface area contributed by atoms with Crippen LogP contribution in [0.15, 0.2) is 42.7 Å². The van der Waals surface area contributed by atoms with Gasteiger partial charge in [0.25, 0.3) is 5.91 Å². The summed E-state index contributed by atoms with van der Waals surface area (Å²) in [5, 5.41) is 2.83. The maximum Gasteiger partial charge on any atom is 0.270 e. The van der Waals surface area contributed by atoms with E-state index in [1.165, 1.54) is 11.9 Å². The zero-order valence-electron chi connectivity index (χ0n) is 13.1. The second-order valence-electron chi connectivity index (χ2n) is 5.02. The van der Waals surface area contributed by atoms with Crippen molar-refractivity contribution in [3.05, 3.63) is 54.0 Å². The van der Waals surface area contributed by atoms with Crippen molar-refractivity contribution >= 4 is 11.7 Å². The van der Waals surface area contributed by atoms with Gasteiger partial charge in [0.15, 0.2) is 0 Å². The van der Waals surface area contributed by atoms with Gasteiger partial charge in [0.2, 0.25) is 0 Å². The lowest BCUT2D eigenvalue weighted by Gasteiger charge is -2.22. The Balaban J connectivity index is 2.14.